The predicted octanol–water partition coefficient (Wildman–Crippen LogP) is 7.01. The van der Waals surface area contributed by atoms with Crippen molar-refractivity contribution < 1.29 is 19.1 Å². The fourth-order valence-corrected chi connectivity index (χ4v) is 12.8. The van der Waals surface area contributed by atoms with Gasteiger partial charge in [-0.3, -0.25) is 14.5 Å². The predicted molar refractivity (Wildman–Crippen MR) is 224 cm³/mol. The number of amides is 2. The highest BCUT2D eigenvalue weighted by Gasteiger charge is 2.54. The fourth-order valence-electron chi connectivity index (χ4n) is 7.38. The molecule has 0 bridgehead atoms. The SMILES string of the molecule is O=C(Cc1ccccc1)N[C@@H]1C(=O)N2C(C(=O)OC(c3ccccc3)c3ccccc3)=C(C=P(c3ccccc3)(c3ccccc3)c3ccccc3)CS[C@H]12. The molecular weight excluding hydrogens is 720 g/mol. The normalized spacial score (nSPS) is 16.5. The second-order valence-corrected chi connectivity index (χ2v) is 17.8. The Bertz CT molecular complexity index is 2230. The molecule has 6 aromatic carbocycles. The van der Waals surface area contributed by atoms with Crippen LogP contribution >= 0.6 is 18.6 Å². The van der Waals surface area contributed by atoms with Gasteiger partial charge in [0.2, 0.25) is 5.91 Å². The van der Waals surface area contributed by atoms with Crippen molar-refractivity contribution in [1.82, 2.24) is 10.2 Å². The highest BCUT2D eigenvalue weighted by atomic mass is 32.2. The Labute approximate surface area is 325 Å². The summed E-state index contributed by atoms with van der Waals surface area (Å²) in [4.78, 5) is 44.1. The molecular formula is C47H39N2O4PS. The Hall–Kier alpha value is -5.88. The van der Waals surface area contributed by atoms with Gasteiger partial charge in [-0.05, 0) is 50.9 Å². The number of carbonyl (C=O) groups is 3. The topological polar surface area (TPSA) is 75.7 Å². The van der Waals surface area contributed by atoms with E-state index >= 15 is 0 Å². The van der Waals surface area contributed by atoms with Crippen LogP contribution in [0.2, 0.25) is 0 Å². The average Bonchev–Trinajstić information content (AvgIpc) is 3.25. The number of rotatable bonds is 11. The minimum absolute atomic E-state index is 0.153. The molecule has 2 aliphatic heterocycles. The largest absolute Gasteiger partial charge is 0.448 e. The van der Waals surface area contributed by atoms with E-state index in [2.05, 4.69) is 47.5 Å². The van der Waals surface area contributed by atoms with E-state index in [1.165, 1.54) is 0 Å². The smallest absolute Gasteiger partial charge is 0.356 e. The van der Waals surface area contributed by atoms with Crippen LogP contribution in [0.5, 0.6) is 0 Å². The second kappa shape index (κ2) is 16.2. The van der Waals surface area contributed by atoms with Crippen LogP contribution in [-0.4, -0.2) is 45.6 Å². The Kier molecular flexibility index (Phi) is 10.7. The van der Waals surface area contributed by atoms with Gasteiger partial charge in [0.15, 0.2) is 6.10 Å². The van der Waals surface area contributed by atoms with Gasteiger partial charge in [0.05, 0.1) is 6.42 Å². The molecule has 0 radical (unpaired) electrons. The first-order chi connectivity index (χ1) is 27.0. The van der Waals surface area contributed by atoms with Crippen molar-refractivity contribution in [2.75, 3.05) is 5.75 Å². The Morgan fingerprint density at radius 3 is 1.58 bits per heavy atom. The fraction of sp³-hybridized carbons (Fsp3) is 0.106. The summed E-state index contributed by atoms with van der Waals surface area (Å²) in [7, 11) is 0. The molecule has 1 fully saturated rings. The maximum atomic E-state index is 15.0. The zero-order valence-electron chi connectivity index (χ0n) is 30.0. The van der Waals surface area contributed by atoms with Crippen molar-refractivity contribution in [3.05, 3.63) is 210 Å². The van der Waals surface area contributed by atoms with Crippen molar-refractivity contribution >= 4 is 58.1 Å². The third-order valence-corrected chi connectivity index (χ3v) is 15.3. The van der Waals surface area contributed by atoms with E-state index in [4.69, 9.17) is 4.74 Å². The van der Waals surface area contributed by atoms with Crippen LogP contribution in [0.1, 0.15) is 22.8 Å². The quantitative estimate of drug-likeness (QED) is 0.0875. The molecule has 8 heteroatoms. The number of hydrogen-bond donors (Lipinski definition) is 1. The van der Waals surface area contributed by atoms with Gasteiger partial charge in [0.25, 0.3) is 5.91 Å². The van der Waals surface area contributed by atoms with Crippen LogP contribution in [0.25, 0.3) is 0 Å². The van der Waals surface area contributed by atoms with Crippen molar-refractivity contribution in [2.45, 2.75) is 23.9 Å². The van der Waals surface area contributed by atoms with Gasteiger partial charge in [-0.1, -0.05) is 182 Å². The van der Waals surface area contributed by atoms with Crippen molar-refractivity contribution in [3.63, 3.8) is 0 Å². The number of nitrogens with one attached hydrogen (secondary N) is 1. The van der Waals surface area contributed by atoms with Crippen LogP contribution in [-0.2, 0) is 25.5 Å². The van der Waals surface area contributed by atoms with E-state index in [9.17, 15) is 14.4 Å². The summed E-state index contributed by atoms with van der Waals surface area (Å²) in [6.45, 7) is -2.58. The highest BCUT2D eigenvalue weighted by molar-refractivity contribution is 8.00. The standard InChI is InChI=1S/C47H39N2O4PS/c50-41(31-34-19-7-1-8-20-34)48-42-45(51)49-43(47(52)53-44(35-21-9-2-10-22-35)36-23-11-3-12-24-36)37(33-55-46(42)49)32-54(38-25-13-4-14-26-38,39-27-15-5-16-28-39)40-29-17-6-18-30-40/h1-30,32,42,44,46H,31,33H2,(H,48,50)/t42-,46-/m1/s1. The average molecular weight is 759 g/mol. The minimum Gasteiger partial charge on any atom is -0.448 e. The number of fused-ring (bicyclic) bond motifs is 1. The molecule has 0 spiro atoms. The number of benzene rings is 6. The first-order valence-electron chi connectivity index (χ1n) is 18.3. The van der Waals surface area contributed by atoms with Crippen molar-refractivity contribution in [3.8, 4) is 0 Å². The Morgan fingerprint density at radius 2 is 1.11 bits per heavy atom. The number of carbonyl (C=O) groups excluding carboxylic acids is 3. The zero-order valence-corrected chi connectivity index (χ0v) is 31.7. The lowest BCUT2D eigenvalue weighted by Gasteiger charge is -2.50. The molecule has 0 unspecified atom stereocenters. The number of nitrogens with zero attached hydrogens (tertiary/aromatic N) is 1. The maximum Gasteiger partial charge on any atom is 0.356 e. The lowest BCUT2D eigenvalue weighted by Crippen LogP contribution is -2.70. The van der Waals surface area contributed by atoms with E-state index in [-0.39, 0.29) is 23.9 Å². The first kappa shape index (κ1) is 36.1. The van der Waals surface area contributed by atoms with Gasteiger partial charge >= 0.3 is 5.97 Å². The van der Waals surface area contributed by atoms with Crippen LogP contribution in [0.4, 0.5) is 0 Å². The van der Waals surface area contributed by atoms with Crippen LogP contribution in [0.3, 0.4) is 0 Å². The molecule has 1 saturated heterocycles. The van der Waals surface area contributed by atoms with Gasteiger partial charge in [0, 0.05) is 5.75 Å². The summed E-state index contributed by atoms with van der Waals surface area (Å²) in [6, 6.07) is 59.2. The lowest BCUT2D eigenvalue weighted by molar-refractivity contribution is -0.154. The second-order valence-electron chi connectivity index (χ2n) is 13.5. The zero-order chi connectivity index (χ0) is 37.6. The number of ether oxygens (including phenoxy) is 1. The van der Waals surface area contributed by atoms with E-state index in [1.54, 1.807) is 16.7 Å². The molecule has 0 saturated carbocycles. The summed E-state index contributed by atoms with van der Waals surface area (Å²) >= 11 is 1.55. The summed E-state index contributed by atoms with van der Waals surface area (Å²) in [5, 5.41) is 5.86. The lowest BCUT2D eigenvalue weighted by atomic mass is 10.0. The van der Waals surface area contributed by atoms with Crippen LogP contribution < -0.4 is 21.2 Å². The third-order valence-electron chi connectivity index (χ3n) is 9.98. The van der Waals surface area contributed by atoms with E-state index in [0.717, 1.165) is 38.2 Å². The molecule has 6 nitrogen and oxygen atoms in total. The maximum absolute atomic E-state index is 15.0. The molecule has 55 heavy (non-hydrogen) atoms. The molecule has 0 aromatic heterocycles. The van der Waals surface area contributed by atoms with E-state index in [1.807, 2.05) is 146 Å². The molecule has 272 valence electrons. The Balaban J connectivity index is 1.28. The molecule has 2 amide bonds. The third kappa shape index (κ3) is 7.34. The molecule has 0 aliphatic carbocycles. The van der Waals surface area contributed by atoms with Gasteiger partial charge < -0.3 is 10.1 Å². The summed E-state index contributed by atoms with van der Waals surface area (Å²) in [5.41, 5.74) is 3.42. The van der Waals surface area contributed by atoms with Gasteiger partial charge in [-0.2, -0.15) is 0 Å². The number of β-lactam (4-membered cyclic amide) rings is 1. The minimum atomic E-state index is -2.58. The van der Waals surface area contributed by atoms with Gasteiger partial charge in [-0.15, -0.1) is 11.8 Å². The first-order valence-corrected chi connectivity index (χ1v) is 21.2. The molecule has 2 aliphatic rings. The van der Waals surface area contributed by atoms with Gasteiger partial charge in [0.1, 0.15) is 17.1 Å². The molecule has 6 aromatic rings. The summed E-state index contributed by atoms with van der Waals surface area (Å²) in [6.07, 6.45) is -0.564. The summed E-state index contributed by atoms with van der Waals surface area (Å²) in [5.74, 6) is 1.51. The molecule has 2 atom stereocenters. The van der Waals surface area contributed by atoms with Crippen LogP contribution in [0.15, 0.2) is 193 Å². The molecule has 8 rings (SSSR count). The number of hydrogen-bond acceptors (Lipinski definition) is 5. The van der Waals surface area contributed by atoms with E-state index in [0.29, 0.717) is 5.75 Å². The van der Waals surface area contributed by atoms with E-state index < -0.39 is 30.4 Å². The number of esters is 1. The Morgan fingerprint density at radius 1 is 0.673 bits per heavy atom. The molecule has 1 N–H and O–H groups in total. The number of thioether (sulfide) groups is 1. The monoisotopic (exact) mass is 758 g/mol. The van der Waals surface area contributed by atoms with Crippen LogP contribution in [0, 0.1) is 0 Å². The van der Waals surface area contributed by atoms with Crippen molar-refractivity contribution in [2.24, 2.45) is 0 Å². The van der Waals surface area contributed by atoms with Crippen molar-refractivity contribution in [1.29, 1.82) is 0 Å². The highest BCUT2D eigenvalue weighted by Crippen LogP contribution is 2.48. The van der Waals surface area contributed by atoms with Gasteiger partial charge in [-0.25, -0.2) is 4.79 Å². The summed E-state index contributed by atoms with van der Waals surface area (Å²) < 4.78 is 6.53. The molecule has 2 heterocycles.